The van der Waals surface area contributed by atoms with Gasteiger partial charge in [-0.25, -0.2) is 9.07 Å². The van der Waals surface area contributed by atoms with Gasteiger partial charge in [-0.2, -0.15) is 5.10 Å². The van der Waals surface area contributed by atoms with Crippen LogP contribution in [0.15, 0.2) is 54.7 Å². The number of carbonyl (C=O) groups excluding carboxylic acids is 1. The molecule has 0 fully saturated rings. The number of hydrogen-bond donors (Lipinski definition) is 1. The summed E-state index contributed by atoms with van der Waals surface area (Å²) in [6.07, 6.45) is 3.51. The lowest BCUT2D eigenvalue weighted by molar-refractivity contribution is 0.0949. The van der Waals surface area contributed by atoms with Gasteiger partial charge in [-0.1, -0.05) is 29.8 Å². The molecule has 2 aromatic carbocycles. The Labute approximate surface area is 156 Å². The lowest BCUT2D eigenvalue weighted by Gasteiger charge is -2.06. The van der Waals surface area contributed by atoms with Crippen LogP contribution < -0.4 is 5.32 Å². The van der Waals surface area contributed by atoms with E-state index in [4.69, 9.17) is 11.6 Å². The molecule has 0 aliphatic rings. The predicted molar refractivity (Wildman–Crippen MR) is 100 cm³/mol. The minimum absolute atomic E-state index is 0.0365. The Kier molecular flexibility index (Phi) is 5.68. The van der Waals surface area contributed by atoms with Crippen molar-refractivity contribution in [1.82, 2.24) is 15.1 Å². The number of halogens is 2. The molecule has 3 aromatic rings. The summed E-state index contributed by atoms with van der Waals surface area (Å²) in [6.45, 7) is 2.41. The molecule has 1 N–H and O–H groups in total. The molecule has 6 heteroatoms. The van der Waals surface area contributed by atoms with Crippen LogP contribution in [0.5, 0.6) is 0 Å². The Bertz CT molecular complexity index is 909. The molecule has 0 aliphatic heterocycles. The van der Waals surface area contributed by atoms with Gasteiger partial charge in [-0.15, -0.1) is 0 Å². The molecule has 0 aliphatic carbocycles. The Balaban J connectivity index is 1.55. The van der Waals surface area contributed by atoms with Gasteiger partial charge in [-0.05, 0) is 55.7 Å². The lowest BCUT2D eigenvalue weighted by atomic mass is 10.1. The molecule has 0 spiro atoms. The normalized spacial score (nSPS) is 10.7. The van der Waals surface area contributed by atoms with Crippen molar-refractivity contribution in [1.29, 1.82) is 0 Å². The quantitative estimate of drug-likeness (QED) is 0.655. The zero-order valence-electron chi connectivity index (χ0n) is 14.4. The highest BCUT2D eigenvalue weighted by molar-refractivity contribution is 6.31. The zero-order chi connectivity index (χ0) is 18.5. The zero-order valence-corrected chi connectivity index (χ0v) is 15.1. The van der Waals surface area contributed by atoms with Crippen LogP contribution in [0.1, 0.15) is 28.0 Å². The Morgan fingerprint density at radius 2 is 2.00 bits per heavy atom. The summed E-state index contributed by atoms with van der Waals surface area (Å²) in [4.78, 5) is 12.1. The number of aryl methyl sites for hydroxylation is 2. The van der Waals surface area contributed by atoms with Crippen molar-refractivity contribution in [3.63, 3.8) is 0 Å². The van der Waals surface area contributed by atoms with E-state index in [0.717, 1.165) is 29.8 Å². The van der Waals surface area contributed by atoms with E-state index in [9.17, 15) is 9.18 Å². The van der Waals surface area contributed by atoms with Gasteiger partial charge < -0.3 is 5.32 Å². The molecule has 0 bridgehead atoms. The Morgan fingerprint density at radius 3 is 2.77 bits per heavy atom. The topological polar surface area (TPSA) is 46.9 Å². The third kappa shape index (κ3) is 4.29. The molecule has 0 saturated heterocycles. The van der Waals surface area contributed by atoms with Crippen LogP contribution in [-0.4, -0.2) is 22.2 Å². The van der Waals surface area contributed by atoms with Crippen LogP contribution in [0.3, 0.4) is 0 Å². The van der Waals surface area contributed by atoms with Gasteiger partial charge in [0.1, 0.15) is 5.82 Å². The van der Waals surface area contributed by atoms with Gasteiger partial charge in [0.25, 0.3) is 5.91 Å². The second-order valence-corrected chi connectivity index (χ2v) is 6.44. The average molecular weight is 372 g/mol. The van der Waals surface area contributed by atoms with E-state index in [2.05, 4.69) is 10.4 Å². The molecule has 1 amide bonds. The molecule has 0 atom stereocenters. The first-order chi connectivity index (χ1) is 12.5. The average Bonchev–Trinajstić information content (AvgIpc) is 3.02. The van der Waals surface area contributed by atoms with E-state index in [1.807, 2.05) is 48.1 Å². The minimum Gasteiger partial charge on any atom is -0.352 e. The van der Waals surface area contributed by atoms with E-state index in [-0.39, 0.29) is 5.56 Å². The number of carbonyl (C=O) groups is 1. The highest BCUT2D eigenvalue weighted by Crippen LogP contribution is 2.15. The van der Waals surface area contributed by atoms with Gasteiger partial charge in [0.2, 0.25) is 0 Å². The number of amides is 1. The van der Waals surface area contributed by atoms with E-state index in [1.54, 1.807) is 0 Å². The molecule has 1 aromatic heterocycles. The van der Waals surface area contributed by atoms with Crippen molar-refractivity contribution in [2.24, 2.45) is 0 Å². The predicted octanol–water partition coefficient (Wildman–Crippen LogP) is 4.34. The molecule has 0 radical (unpaired) electrons. The Morgan fingerprint density at radius 1 is 1.23 bits per heavy atom. The third-order valence-electron chi connectivity index (χ3n) is 4.10. The van der Waals surface area contributed by atoms with E-state index >= 15 is 0 Å². The van der Waals surface area contributed by atoms with Crippen LogP contribution in [0.2, 0.25) is 5.02 Å². The van der Waals surface area contributed by atoms with Gasteiger partial charge in [0.05, 0.1) is 16.9 Å². The second kappa shape index (κ2) is 8.15. The molecular formula is C20H19ClFN3O. The fourth-order valence-electron chi connectivity index (χ4n) is 2.70. The van der Waals surface area contributed by atoms with E-state index < -0.39 is 11.7 Å². The van der Waals surface area contributed by atoms with Crippen molar-refractivity contribution < 1.29 is 9.18 Å². The van der Waals surface area contributed by atoms with Crippen LogP contribution in [-0.2, 0) is 6.42 Å². The molecule has 134 valence electrons. The first-order valence-electron chi connectivity index (χ1n) is 8.38. The number of aromatic nitrogens is 2. The minimum atomic E-state index is -0.577. The van der Waals surface area contributed by atoms with Gasteiger partial charge in [-0.3, -0.25) is 4.79 Å². The van der Waals surface area contributed by atoms with Crippen molar-refractivity contribution in [2.75, 3.05) is 6.54 Å². The number of nitrogens with one attached hydrogen (secondary N) is 1. The summed E-state index contributed by atoms with van der Waals surface area (Å²) in [6, 6.07) is 13.8. The largest absolute Gasteiger partial charge is 0.352 e. The van der Waals surface area contributed by atoms with Crippen molar-refractivity contribution in [2.45, 2.75) is 19.8 Å². The summed E-state index contributed by atoms with van der Waals surface area (Å²) in [5.41, 5.74) is 3.05. The summed E-state index contributed by atoms with van der Waals surface area (Å²) in [7, 11) is 0. The smallest absolute Gasteiger partial charge is 0.254 e. The third-order valence-corrected chi connectivity index (χ3v) is 4.34. The Hall–Kier alpha value is -2.66. The number of hydrogen-bond acceptors (Lipinski definition) is 2. The molecule has 0 unspecified atom stereocenters. The second-order valence-electron chi connectivity index (χ2n) is 6.00. The number of para-hydroxylation sites is 1. The van der Waals surface area contributed by atoms with E-state index in [0.29, 0.717) is 11.6 Å². The van der Waals surface area contributed by atoms with Crippen molar-refractivity contribution in [3.8, 4) is 5.69 Å². The number of rotatable bonds is 6. The standard InChI is InChI=1S/C20H19ClFN3O/c1-14-15(13-25(24-14)17-7-3-2-4-8-17)6-5-11-23-20(26)18-12-16(21)9-10-19(18)22/h2-4,7-10,12-13H,5-6,11H2,1H3,(H,23,26). The SMILES string of the molecule is Cc1nn(-c2ccccc2)cc1CCCNC(=O)c1cc(Cl)ccc1F. The summed E-state index contributed by atoms with van der Waals surface area (Å²) in [5, 5.41) is 7.59. The van der Waals surface area contributed by atoms with Crippen LogP contribution in [0, 0.1) is 12.7 Å². The van der Waals surface area contributed by atoms with Crippen molar-refractivity contribution >= 4 is 17.5 Å². The fraction of sp³-hybridized carbons (Fsp3) is 0.200. The van der Waals surface area contributed by atoms with Crippen LogP contribution >= 0.6 is 11.6 Å². The van der Waals surface area contributed by atoms with Crippen LogP contribution in [0.25, 0.3) is 5.69 Å². The van der Waals surface area contributed by atoms with E-state index in [1.165, 1.54) is 18.2 Å². The maximum absolute atomic E-state index is 13.7. The van der Waals surface area contributed by atoms with Crippen LogP contribution in [0.4, 0.5) is 4.39 Å². The number of benzene rings is 2. The highest BCUT2D eigenvalue weighted by atomic mass is 35.5. The fourth-order valence-corrected chi connectivity index (χ4v) is 2.87. The summed E-state index contributed by atoms with van der Waals surface area (Å²) < 4.78 is 15.5. The molecule has 26 heavy (non-hydrogen) atoms. The van der Waals surface area contributed by atoms with Crippen molar-refractivity contribution in [3.05, 3.63) is 82.4 Å². The first kappa shape index (κ1) is 18.1. The molecule has 4 nitrogen and oxygen atoms in total. The lowest BCUT2D eigenvalue weighted by Crippen LogP contribution is -2.25. The summed E-state index contributed by atoms with van der Waals surface area (Å²) >= 11 is 5.82. The first-order valence-corrected chi connectivity index (χ1v) is 8.76. The van der Waals surface area contributed by atoms with Gasteiger partial charge in [0.15, 0.2) is 0 Å². The molecule has 3 rings (SSSR count). The molecular weight excluding hydrogens is 353 g/mol. The monoisotopic (exact) mass is 371 g/mol. The maximum atomic E-state index is 13.7. The van der Waals surface area contributed by atoms with Gasteiger partial charge in [0, 0.05) is 17.8 Å². The summed E-state index contributed by atoms with van der Waals surface area (Å²) in [5.74, 6) is -1.03. The molecule has 1 heterocycles. The van der Waals surface area contributed by atoms with Gasteiger partial charge >= 0.3 is 0 Å². The highest BCUT2D eigenvalue weighted by Gasteiger charge is 2.12. The maximum Gasteiger partial charge on any atom is 0.254 e. The number of nitrogens with zero attached hydrogens (tertiary/aromatic N) is 2. The molecule has 0 saturated carbocycles.